The number of carbonyl (C=O) groups is 1. The minimum atomic E-state index is -0.00396. The van der Waals surface area contributed by atoms with E-state index in [2.05, 4.69) is 32.2 Å². The lowest BCUT2D eigenvalue weighted by molar-refractivity contribution is -0.127. The molecule has 2 rings (SSSR count). The van der Waals surface area contributed by atoms with E-state index in [0.29, 0.717) is 0 Å². The fourth-order valence-corrected chi connectivity index (χ4v) is 2.86. The van der Waals surface area contributed by atoms with Crippen LogP contribution in [0.25, 0.3) is 0 Å². The average Bonchev–Trinajstić information content (AvgIpc) is 2.68. The number of hydrogen-bond donors (Lipinski definition) is 1. The van der Waals surface area contributed by atoms with Crippen molar-refractivity contribution in [2.75, 3.05) is 67.1 Å². The summed E-state index contributed by atoms with van der Waals surface area (Å²) in [4.78, 5) is 22.5. The van der Waals surface area contributed by atoms with Crippen molar-refractivity contribution < 1.29 is 9.53 Å². The van der Waals surface area contributed by atoms with E-state index >= 15 is 0 Å². The van der Waals surface area contributed by atoms with Crippen molar-refractivity contribution in [2.24, 2.45) is 4.99 Å². The van der Waals surface area contributed by atoms with Crippen LogP contribution in [0.2, 0.25) is 0 Å². The van der Waals surface area contributed by atoms with Crippen molar-refractivity contribution in [3.8, 4) is 0 Å². The Morgan fingerprint density at radius 1 is 1.19 bits per heavy atom. The van der Waals surface area contributed by atoms with Gasteiger partial charge in [0.05, 0.1) is 13.2 Å². The van der Waals surface area contributed by atoms with E-state index < -0.39 is 0 Å². The van der Waals surface area contributed by atoms with Gasteiger partial charge in [-0.05, 0) is 18.5 Å². The van der Waals surface area contributed by atoms with Crippen molar-refractivity contribution >= 4 is 11.9 Å². The van der Waals surface area contributed by atoms with Crippen molar-refractivity contribution in [3.63, 3.8) is 0 Å². The molecule has 1 saturated heterocycles. The van der Waals surface area contributed by atoms with Crippen molar-refractivity contribution in [1.29, 1.82) is 0 Å². The molecular weight excluding hydrogens is 342 g/mol. The number of amides is 1. The molecular formula is C20H33N5O2. The first kappa shape index (κ1) is 21.2. The van der Waals surface area contributed by atoms with Gasteiger partial charge in [0.2, 0.25) is 5.91 Å². The minimum Gasteiger partial charge on any atom is -0.379 e. The van der Waals surface area contributed by atoms with Crippen LogP contribution in [0, 0.1) is 0 Å². The smallest absolute Gasteiger partial charge is 0.243 e. The summed E-state index contributed by atoms with van der Waals surface area (Å²) in [5, 5.41) is 3.42. The number of nitrogens with one attached hydrogen (secondary N) is 1. The zero-order valence-electron chi connectivity index (χ0n) is 16.9. The standard InChI is InChI=1S/C20H33N5O2/c1-23(2)19(26)16-22-20(24(3)17-18-8-5-4-6-9-18)21-10-7-11-25-12-14-27-15-13-25/h4-6,8-9H,7,10-17H2,1-3H3,(H,21,22). The molecule has 1 aromatic carbocycles. The summed E-state index contributed by atoms with van der Waals surface area (Å²) in [5.41, 5.74) is 1.21. The van der Waals surface area contributed by atoms with E-state index in [1.54, 1.807) is 19.0 Å². The number of aliphatic imine (C=N–C) groups is 1. The van der Waals surface area contributed by atoms with Gasteiger partial charge in [0, 0.05) is 47.3 Å². The van der Waals surface area contributed by atoms with Crippen LogP contribution in [-0.4, -0.2) is 93.6 Å². The second kappa shape index (κ2) is 11.6. The first-order valence-electron chi connectivity index (χ1n) is 9.60. The molecule has 0 unspecified atom stereocenters. The molecule has 7 heteroatoms. The van der Waals surface area contributed by atoms with Crippen LogP contribution in [0.4, 0.5) is 0 Å². The van der Waals surface area contributed by atoms with E-state index in [4.69, 9.17) is 4.74 Å². The van der Waals surface area contributed by atoms with Gasteiger partial charge in [0.15, 0.2) is 5.96 Å². The highest BCUT2D eigenvalue weighted by Gasteiger charge is 2.11. The van der Waals surface area contributed by atoms with Gasteiger partial charge < -0.3 is 19.9 Å². The summed E-state index contributed by atoms with van der Waals surface area (Å²) in [7, 11) is 5.50. The van der Waals surface area contributed by atoms with E-state index in [-0.39, 0.29) is 12.5 Å². The number of ether oxygens (including phenoxy) is 1. The largest absolute Gasteiger partial charge is 0.379 e. The van der Waals surface area contributed by atoms with E-state index in [9.17, 15) is 4.79 Å². The summed E-state index contributed by atoms with van der Waals surface area (Å²) < 4.78 is 5.39. The van der Waals surface area contributed by atoms with Gasteiger partial charge in [-0.3, -0.25) is 9.69 Å². The predicted molar refractivity (Wildman–Crippen MR) is 109 cm³/mol. The normalized spacial score (nSPS) is 15.4. The monoisotopic (exact) mass is 375 g/mol. The third-order valence-corrected chi connectivity index (χ3v) is 4.52. The van der Waals surface area contributed by atoms with Crippen LogP contribution in [0.1, 0.15) is 12.0 Å². The maximum atomic E-state index is 11.9. The Morgan fingerprint density at radius 2 is 1.89 bits per heavy atom. The molecule has 0 saturated carbocycles. The lowest BCUT2D eigenvalue weighted by Crippen LogP contribution is -2.42. The molecule has 0 bridgehead atoms. The summed E-state index contributed by atoms with van der Waals surface area (Å²) in [6, 6.07) is 10.3. The van der Waals surface area contributed by atoms with Crippen LogP contribution in [0.5, 0.6) is 0 Å². The first-order valence-corrected chi connectivity index (χ1v) is 9.60. The molecule has 7 nitrogen and oxygen atoms in total. The molecule has 0 aliphatic carbocycles. The third-order valence-electron chi connectivity index (χ3n) is 4.52. The quantitative estimate of drug-likeness (QED) is 0.415. The van der Waals surface area contributed by atoms with Crippen LogP contribution in [-0.2, 0) is 16.1 Å². The van der Waals surface area contributed by atoms with Gasteiger partial charge in [-0.25, -0.2) is 4.99 Å². The lowest BCUT2D eigenvalue weighted by atomic mass is 10.2. The van der Waals surface area contributed by atoms with Crippen LogP contribution in [0.15, 0.2) is 35.3 Å². The number of hydrogen-bond acceptors (Lipinski definition) is 4. The molecule has 1 amide bonds. The van der Waals surface area contributed by atoms with Crippen LogP contribution in [0.3, 0.4) is 0 Å². The Morgan fingerprint density at radius 3 is 2.56 bits per heavy atom. The zero-order chi connectivity index (χ0) is 19.5. The molecule has 0 aromatic heterocycles. The summed E-state index contributed by atoms with van der Waals surface area (Å²) in [6.07, 6.45) is 1.03. The van der Waals surface area contributed by atoms with Crippen LogP contribution >= 0.6 is 0 Å². The van der Waals surface area contributed by atoms with E-state index in [0.717, 1.165) is 58.3 Å². The number of carbonyl (C=O) groups excluding carboxylic acids is 1. The highest BCUT2D eigenvalue weighted by atomic mass is 16.5. The van der Waals surface area contributed by atoms with Gasteiger partial charge in [-0.2, -0.15) is 0 Å². The van der Waals surface area contributed by atoms with Crippen molar-refractivity contribution in [1.82, 2.24) is 20.0 Å². The van der Waals surface area contributed by atoms with Gasteiger partial charge in [-0.1, -0.05) is 30.3 Å². The molecule has 0 atom stereocenters. The summed E-state index contributed by atoms with van der Waals surface area (Å²) in [6.45, 7) is 6.43. The molecule has 0 spiro atoms. The fourth-order valence-electron chi connectivity index (χ4n) is 2.86. The Bertz CT molecular complexity index is 585. The van der Waals surface area contributed by atoms with Crippen LogP contribution < -0.4 is 5.32 Å². The molecule has 27 heavy (non-hydrogen) atoms. The Kier molecular flexibility index (Phi) is 9.07. The number of benzene rings is 1. The molecule has 150 valence electrons. The molecule has 1 aromatic rings. The maximum absolute atomic E-state index is 11.9. The number of morpholine rings is 1. The van der Waals surface area contributed by atoms with E-state index in [1.807, 2.05) is 25.2 Å². The predicted octanol–water partition coefficient (Wildman–Crippen LogP) is 0.875. The SMILES string of the molecule is CN(C)C(=O)CN=C(NCCCN1CCOCC1)N(C)Cc1ccccc1. The Hall–Kier alpha value is -2.12. The molecule has 1 N–H and O–H groups in total. The van der Waals surface area contributed by atoms with Gasteiger partial charge in [-0.15, -0.1) is 0 Å². The van der Waals surface area contributed by atoms with Gasteiger partial charge in [0.25, 0.3) is 0 Å². The second-order valence-electron chi connectivity index (χ2n) is 7.00. The number of rotatable bonds is 8. The summed E-state index contributed by atoms with van der Waals surface area (Å²) >= 11 is 0. The number of nitrogens with zero attached hydrogens (tertiary/aromatic N) is 4. The van der Waals surface area contributed by atoms with Crippen molar-refractivity contribution in [2.45, 2.75) is 13.0 Å². The van der Waals surface area contributed by atoms with Crippen molar-refractivity contribution in [3.05, 3.63) is 35.9 Å². The second-order valence-corrected chi connectivity index (χ2v) is 7.00. The minimum absolute atomic E-state index is 0.00396. The fraction of sp³-hybridized carbons (Fsp3) is 0.600. The van der Waals surface area contributed by atoms with Gasteiger partial charge in [0.1, 0.15) is 6.54 Å². The zero-order valence-corrected chi connectivity index (χ0v) is 16.9. The lowest BCUT2D eigenvalue weighted by Gasteiger charge is -2.27. The molecule has 0 radical (unpaired) electrons. The highest BCUT2D eigenvalue weighted by molar-refractivity contribution is 5.84. The maximum Gasteiger partial charge on any atom is 0.243 e. The Balaban J connectivity index is 1.87. The van der Waals surface area contributed by atoms with E-state index in [1.165, 1.54) is 5.56 Å². The topological polar surface area (TPSA) is 60.4 Å². The Labute approximate surface area is 163 Å². The molecule has 1 aliphatic rings. The molecule has 1 aliphatic heterocycles. The molecule has 1 heterocycles. The highest BCUT2D eigenvalue weighted by Crippen LogP contribution is 2.03. The number of guanidine groups is 1. The summed E-state index contributed by atoms with van der Waals surface area (Å²) in [5.74, 6) is 0.756. The molecule has 1 fully saturated rings. The van der Waals surface area contributed by atoms with Gasteiger partial charge >= 0.3 is 0 Å². The third kappa shape index (κ3) is 7.97. The first-order chi connectivity index (χ1) is 13.1. The average molecular weight is 376 g/mol. The number of likely N-dealkylation sites (N-methyl/N-ethyl adjacent to an activating group) is 1.